The van der Waals surface area contributed by atoms with E-state index in [-0.39, 0.29) is 113 Å². The van der Waals surface area contributed by atoms with Crippen molar-refractivity contribution in [2.24, 2.45) is 5.14 Å². The number of hydrogen-bond donors (Lipinski definition) is 2. The number of hydrogen-bond acceptors (Lipinski definition) is 3. The molecule has 3 N–H and O–H groups in total. The van der Waals surface area contributed by atoms with E-state index < -0.39 is 10.0 Å². The van der Waals surface area contributed by atoms with E-state index in [9.17, 15) is 8.42 Å². The van der Waals surface area contributed by atoms with Crippen molar-refractivity contribution in [3.05, 3.63) is 24.3 Å². The minimum Gasteiger partial charge on any atom is -0.507 e. The number of nitrogens with two attached hydrogens (primary N) is 1. The van der Waals surface area contributed by atoms with Gasteiger partial charge in [-0.25, -0.2) is 13.6 Å². The van der Waals surface area contributed by atoms with Crippen LogP contribution in [0, 0.1) is 0 Å². The first kappa shape index (κ1) is 17.6. The fraction of sp³-hybridized carbons (Fsp3) is 0. The summed E-state index contributed by atoms with van der Waals surface area (Å²) in [6.45, 7) is 0. The fourth-order valence-electron chi connectivity index (χ4n) is 0.698. The van der Waals surface area contributed by atoms with E-state index in [0.717, 1.165) is 0 Å². The largest absolute Gasteiger partial charge is 0.507 e. The van der Waals surface area contributed by atoms with Gasteiger partial charge < -0.3 is 5.11 Å². The van der Waals surface area contributed by atoms with Crippen LogP contribution in [0.3, 0.4) is 0 Å². The molecule has 13 heavy (non-hydrogen) atoms. The summed E-state index contributed by atoms with van der Waals surface area (Å²) in [5.41, 5.74) is 0. The van der Waals surface area contributed by atoms with Crippen molar-refractivity contribution in [1.82, 2.24) is 0 Å². The van der Waals surface area contributed by atoms with Gasteiger partial charge in [-0.2, -0.15) is 0 Å². The summed E-state index contributed by atoms with van der Waals surface area (Å²) in [7, 11) is -3.78. The first-order valence-electron chi connectivity index (χ1n) is 2.82. The van der Waals surface area contributed by atoms with Crippen molar-refractivity contribution in [2.45, 2.75) is 4.90 Å². The third-order valence-electron chi connectivity index (χ3n) is 1.17. The van der Waals surface area contributed by atoms with Crippen molar-refractivity contribution in [3.63, 3.8) is 0 Å². The van der Waals surface area contributed by atoms with E-state index in [0.29, 0.717) is 0 Å². The molecule has 1 rings (SSSR count). The van der Waals surface area contributed by atoms with Crippen LogP contribution in [0.5, 0.6) is 5.75 Å². The second-order valence-electron chi connectivity index (χ2n) is 2.01. The normalized spacial score (nSPS) is 9.62. The first-order valence-corrected chi connectivity index (χ1v) is 4.37. The summed E-state index contributed by atoms with van der Waals surface area (Å²) in [5.74, 6) is -0.324. The van der Waals surface area contributed by atoms with Crippen LogP contribution in [0.2, 0.25) is 0 Å². The van der Waals surface area contributed by atoms with E-state index in [1.165, 1.54) is 24.3 Å². The Morgan fingerprint density at radius 2 is 1.62 bits per heavy atom. The molecule has 0 aliphatic heterocycles. The quantitative estimate of drug-likeness (QED) is 0.646. The number of phenolic OH excluding ortho intramolecular Hbond substituents is 1. The molecule has 0 heterocycles. The van der Waals surface area contributed by atoms with Gasteiger partial charge >= 0.3 is 0 Å². The molecule has 0 aliphatic rings. The number of para-hydroxylation sites is 1. The Labute approximate surface area is 162 Å². The molecular formula is C6H7K2NO3S. The first-order chi connectivity index (χ1) is 5.02. The molecule has 0 saturated carbocycles. The molecule has 7 heteroatoms. The summed E-state index contributed by atoms with van der Waals surface area (Å²) in [5, 5.41) is 13.8. The Bertz CT molecular complexity index is 366. The molecule has 0 aliphatic carbocycles. The van der Waals surface area contributed by atoms with E-state index in [4.69, 9.17) is 10.2 Å². The smallest absolute Gasteiger partial charge is 0.241 e. The van der Waals surface area contributed by atoms with Crippen molar-refractivity contribution >= 4 is 113 Å². The zero-order valence-electron chi connectivity index (χ0n) is 7.56. The molecular weight excluding hydrogens is 244 g/mol. The van der Waals surface area contributed by atoms with Gasteiger partial charge in [0, 0.05) is 103 Å². The molecule has 62 valence electrons. The molecule has 0 spiro atoms. The van der Waals surface area contributed by atoms with Crippen LogP contribution in [-0.4, -0.2) is 116 Å². The molecule has 2 radical (unpaired) electrons. The molecule has 0 unspecified atom stereocenters. The second-order valence-corrected chi connectivity index (χ2v) is 3.54. The van der Waals surface area contributed by atoms with Gasteiger partial charge in [-0.3, -0.25) is 0 Å². The minimum atomic E-state index is -3.78. The monoisotopic (exact) mass is 251 g/mol. The molecule has 1 aromatic rings. The number of rotatable bonds is 1. The zero-order chi connectivity index (χ0) is 8.48. The van der Waals surface area contributed by atoms with Crippen LogP contribution < -0.4 is 5.14 Å². The Morgan fingerprint density at radius 1 is 1.15 bits per heavy atom. The molecule has 4 nitrogen and oxygen atoms in total. The molecule has 1 aromatic carbocycles. The van der Waals surface area contributed by atoms with E-state index >= 15 is 0 Å². The summed E-state index contributed by atoms with van der Waals surface area (Å²) in [6, 6.07) is 5.51. The van der Waals surface area contributed by atoms with Gasteiger partial charge in [0.2, 0.25) is 10.0 Å². The minimum absolute atomic E-state index is 0. The van der Waals surface area contributed by atoms with Crippen LogP contribution in [0.15, 0.2) is 29.2 Å². The predicted molar refractivity (Wildman–Crippen MR) is 51.0 cm³/mol. The van der Waals surface area contributed by atoms with Crippen molar-refractivity contribution < 1.29 is 13.5 Å². The molecule has 0 saturated heterocycles. The van der Waals surface area contributed by atoms with Crippen LogP contribution in [0.25, 0.3) is 0 Å². The Balaban J connectivity index is 0. The Kier molecular flexibility index (Phi) is 10.1. The number of sulfonamides is 1. The SMILES string of the molecule is NS(=O)(=O)c1ccccc1O.[K].[K]. The number of primary sulfonamides is 1. The molecule has 0 atom stereocenters. The third-order valence-corrected chi connectivity index (χ3v) is 2.13. The molecule has 0 amide bonds. The molecule has 0 bridgehead atoms. The maximum atomic E-state index is 10.7. The predicted octanol–water partition coefficient (Wildman–Crippen LogP) is -0.722. The van der Waals surface area contributed by atoms with Crippen molar-refractivity contribution in [2.75, 3.05) is 0 Å². The van der Waals surface area contributed by atoms with Crippen molar-refractivity contribution in [1.29, 1.82) is 0 Å². The number of aromatic hydroxyl groups is 1. The van der Waals surface area contributed by atoms with Crippen LogP contribution in [0.4, 0.5) is 0 Å². The summed E-state index contributed by atoms with van der Waals surface area (Å²) in [4.78, 5) is -0.250. The van der Waals surface area contributed by atoms with E-state index in [2.05, 4.69) is 0 Å². The van der Waals surface area contributed by atoms with Gasteiger partial charge in [-0.05, 0) is 12.1 Å². The average molecular weight is 251 g/mol. The average Bonchev–Trinajstić information content (AvgIpc) is 1.86. The summed E-state index contributed by atoms with van der Waals surface area (Å²) >= 11 is 0. The summed E-state index contributed by atoms with van der Waals surface area (Å²) in [6.07, 6.45) is 0. The maximum absolute atomic E-state index is 10.7. The van der Waals surface area contributed by atoms with Gasteiger partial charge in [-0.1, -0.05) is 12.1 Å². The zero-order valence-corrected chi connectivity index (χ0v) is 14.6. The van der Waals surface area contributed by atoms with Crippen LogP contribution in [0.1, 0.15) is 0 Å². The standard InChI is InChI=1S/C6H7NO3S.2K/c7-11(9,10)6-4-2-1-3-5(6)8;;/h1-4,8H,(H2,7,9,10);;. The Morgan fingerprint density at radius 3 is 1.92 bits per heavy atom. The number of phenols is 1. The topological polar surface area (TPSA) is 80.4 Å². The molecule has 0 aromatic heterocycles. The van der Waals surface area contributed by atoms with Crippen LogP contribution in [-0.2, 0) is 10.0 Å². The summed E-state index contributed by atoms with van der Waals surface area (Å²) < 4.78 is 21.3. The Hall–Kier alpha value is 2.20. The van der Waals surface area contributed by atoms with E-state index in [1.807, 2.05) is 0 Å². The van der Waals surface area contributed by atoms with Gasteiger partial charge in [0.05, 0.1) is 0 Å². The van der Waals surface area contributed by atoms with Gasteiger partial charge in [-0.15, -0.1) is 0 Å². The molecule has 0 fully saturated rings. The van der Waals surface area contributed by atoms with Crippen LogP contribution >= 0.6 is 0 Å². The van der Waals surface area contributed by atoms with Crippen molar-refractivity contribution in [3.8, 4) is 5.75 Å². The fourth-order valence-corrected chi connectivity index (χ4v) is 1.33. The second kappa shape index (κ2) is 7.47. The van der Waals surface area contributed by atoms with Gasteiger partial charge in [0.1, 0.15) is 10.6 Å². The van der Waals surface area contributed by atoms with Gasteiger partial charge in [0.25, 0.3) is 0 Å². The maximum Gasteiger partial charge on any atom is 0.241 e. The third kappa shape index (κ3) is 5.74. The van der Waals surface area contributed by atoms with E-state index in [1.54, 1.807) is 0 Å². The van der Waals surface area contributed by atoms with Gasteiger partial charge in [0.15, 0.2) is 0 Å². The number of benzene rings is 1.